The number of halogens is 1. The van der Waals surface area contributed by atoms with E-state index in [4.69, 9.17) is 16.3 Å². The number of amides is 2. The summed E-state index contributed by atoms with van der Waals surface area (Å²) in [7, 11) is 0. The minimum atomic E-state index is -1.17. The van der Waals surface area contributed by atoms with Gasteiger partial charge in [-0.1, -0.05) is 41.9 Å². The molecule has 12 heteroatoms. The summed E-state index contributed by atoms with van der Waals surface area (Å²) in [5.74, 6) is -0.0761. The van der Waals surface area contributed by atoms with E-state index in [9.17, 15) is 24.6 Å². The molecule has 0 bridgehead atoms. The Kier molecular flexibility index (Phi) is 7.72. The average Bonchev–Trinajstić information content (AvgIpc) is 3.35. The van der Waals surface area contributed by atoms with Gasteiger partial charge in [0.1, 0.15) is 11.5 Å². The van der Waals surface area contributed by atoms with Crippen molar-refractivity contribution in [2.45, 2.75) is 44.1 Å². The lowest BCUT2D eigenvalue weighted by Gasteiger charge is -2.38. The summed E-state index contributed by atoms with van der Waals surface area (Å²) in [6.45, 7) is 3.18. The molecule has 0 aliphatic carbocycles. The number of nitrogens with zero attached hydrogens (tertiary/aromatic N) is 5. The van der Waals surface area contributed by atoms with Crippen LogP contribution in [0.3, 0.4) is 0 Å². The number of likely N-dealkylation sites (tertiary alicyclic amines) is 1. The van der Waals surface area contributed by atoms with Crippen molar-refractivity contribution < 1.29 is 24.5 Å². The molecule has 0 saturated carbocycles. The zero-order valence-corrected chi connectivity index (χ0v) is 24.4. The average molecular weight is 606 g/mol. The summed E-state index contributed by atoms with van der Waals surface area (Å²) >= 11 is 6.59. The molecule has 43 heavy (non-hydrogen) atoms. The first kappa shape index (κ1) is 28.9. The van der Waals surface area contributed by atoms with Crippen molar-refractivity contribution in [2.24, 2.45) is 0 Å². The Morgan fingerprint density at radius 2 is 1.79 bits per heavy atom. The quantitative estimate of drug-likeness (QED) is 0.352. The number of aliphatic hydroxyl groups is 1. The summed E-state index contributed by atoms with van der Waals surface area (Å²) in [6.07, 6.45) is 0.892. The lowest BCUT2D eigenvalue weighted by Crippen LogP contribution is -2.49. The highest BCUT2D eigenvalue weighted by Gasteiger charge is 2.35. The van der Waals surface area contributed by atoms with Crippen molar-refractivity contribution in [3.8, 4) is 5.69 Å². The Morgan fingerprint density at radius 3 is 2.47 bits per heavy atom. The number of fused-ring (bicyclic) bond motifs is 1. The van der Waals surface area contributed by atoms with Gasteiger partial charge in [-0.25, -0.2) is 9.78 Å². The van der Waals surface area contributed by atoms with Crippen molar-refractivity contribution in [1.82, 2.24) is 23.9 Å². The maximum absolute atomic E-state index is 13.5. The third-order valence-electron chi connectivity index (χ3n) is 8.36. The molecule has 2 atom stereocenters. The first-order chi connectivity index (χ1) is 20.6. The zero-order valence-electron chi connectivity index (χ0n) is 23.6. The van der Waals surface area contributed by atoms with Crippen molar-refractivity contribution in [3.63, 3.8) is 0 Å². The first-order valence-electron chi connectivity index (χ1n) is 14.2. The van der Waals surface area contributed by atoms with Crippen LogP contribution in [-0.4, -0.2) is 84.1 Å². The fraction of sp³-hybridized carbons (Fsp3) is 0.355. The molecule has 4 heterocycles. The number of carbonyl (C=O) groups excluding carboxylic acids is 1. The SMILES string of the molecule is C[C@@H]1CN(C(=O)O)[C@@H](c2ccc(-n3c(Cl)cc4c(=O)n(CC5(O)CCN(C(=O)c6ccccc6)CC5)cnc43)cc2)CO1. The van der Waals surface area contributed by atoms with Crippen LogP contribution < -0.4 is 5.56 Å². The third-order valence-corrected chi connectivity index (χ3v) is 8.64. The summed E-state index contributed by atoms with van der Waals surface area (Å²) < 4.78 is 8.76. The molecule has 2 fully saturated rings. The minimum absolute atomic E-state index is 0.0434. The number of piperidine rings is 1. The second kappa shape index (κ2) is 11.5. The highest BCUT2D eigenvalue weighted by atomic mass is 35.5. The number of aromatic nitrogens is 3. The largest absolute Gasteiger partial charge is 0.465 e. The van der Waals surface area contributed by atoms with E-state index in [-0.39, 0.29) is 37.3 Å². The molecule has 0 unspecified atom stereocenters. The maximum Gasteiger partial charge on any atom is 0.407 e. The van der Waals surface area contributed by atoms with Gasteiger partial charge in [-0.2, -0.15) is 0 Å². The van der Waals surface area contributed by atoms with Crippen molar-refractivity contribution >= 4 is 34.6 Å². The Morgan fingerprint density at radius 1 is 1.09 bits per heavy atom. The van der Waals surface area contributed by atoms with E-state index >= 15 is 0 Å². The minimum Gasteiger partial charge on any atom is -0.465 e. The molecule has 2 N–H and O–H groups in total. The number of ether oxygens (including phenoxy) is 1. The van der Waals surface area contributed by atoms with Crippen LogP contribution in [0.15, 0.2) is 71.8 Å². The summed E-state index contributed by atoms with van der Waals surface area (Å²) in [5.41, 5.74) is 0.925. The van der Waals surface area contributed by atoms with Crippen LogP contribution in [0, 0.1) is 0 Å². The number of hydrogen-bond donors (Lipinski definition) is 2. The second-order valence-electron chi connectivity index (χ2n) is 11.3. The van der Waals surface area contributed by atoms with E-state index in [2.05, 4.69) is 4.98 Å². The topological polar surface area (TPSA) is 130 Å². The molecular weight excluding hydrogens is 574 g/mol. The van der Waals surface area contributed by atoms with E-state index in [1.807, 2.05) is 37.3 Å². The van der Waals surface area contributed by atoms with Crippen LogP contribution in [0.2, 0.25) is 5.15 Å². The Balaban J connectivity index is 1.20. The monoisotopic (exact) mass is 605 g/mol. The van der Waals surface area contributed by atoms with Gasteiger partial charge in [0.15, 0.2) is 5.65 Å². The molecule has 11 nitrogen and oxygen atoms in total. The highest BCUT2D eigenvalue weighted by molar-refractivity contribution is 6.31. The van der Waals surface area contributed by atoms with Gasteiger partial charge >= 0.3 is 6.09 Å². The molecule has 2 aliphatic heterocycles. The van der Waals surface area contributed by atoms with Crippen LogP contribution in [0.5, 0.6) is 0 Å². The van der Waals surface area contributed by atoms with E-state index in [0.29, 0.717) is 53.4 Å². The van der Waals surface area contributed by atoms with Gasteiger partial charge < -0.3 is 19.8 Å². The summed E-state index contributed by atoms with van der Waals surface area (Å²) in [6, 6.07) is 17.4. The Labute approximate surface area is 252 Å². The standard InChI is InChI=1S/C31H32ClN5O6/c1-20-16-36(30(40)41)25(17-43-20)21-7-9-23(10-8-21)37-26(32)15-24-27(37)33-19-35(29(24)39)18-31(42)11-13-34(14-12-31)28(38)22-5-3-2-4-6-22/h2-10,15,19-20,25,42H,11-14,16-18H2,1H3,(H,40,41)/t20-,25-/m1/s1. The van der Waals surface area contributed by atoms with Crippen molar-refractivity contribution in [1.29, 1.82) is 0 Å². The molecule has 2 aliphatic rings. The van der Waals surface area contributed by atoms with E-state index in [0.717, 1.165) is 5.56 Å². The molecule has 0 radical (unpaired) electrons. The predicted octanol–water partition coefficient (Wildman–Crippen LogP) is 3.95. The molecule has 2 aromatic heterocycles. The van der Waals surface area contributed by atoms with E-state index < -0.39 is 17.7 Å². The van der Waals surface area contributed by atoms with Gasteiger partial charge in [0.25, 0.3) is 11.5 Å². The fourth-order valence-corrected chi connectivity index (χ4v) is 6.23. The molecule has 224 valence electrons. The van der Waals surface area contributed by atoms with Crippen LogP contribution in [0.25, 0.3) is 16.7 Å². The lowest BCUT2D eigenvalue weighted by molar-refractivity contribution is -0.0465. The number of rotatable bonds is 5. The van der Waals surface area contributed by atoms with Crippen LogP contribution in [-0.2, 0) is 11.3 Å². The van der Waals surface area contributed by atoms with E-state index in [1.54, 1.807) is 39.8 Å². The van der Waals surface area contributed by atoms with Gasteiger partial charge in [-0.05, 0) is 55.7 Å². The van der Waals surface area contributed by atoms with Gasteiger partial charge in [0.2, 0.25) is 0 Å². The van der Waals surface area contributed by atoms with Crippen LogP contribution >= 0.6 is 11.6 Å². The van der Waals surface area contributed by atoms with Crippen molar-refractivity contribution in [3.05, 3.63) is 93.6 Å². The molecule has 0 spiro atoms. The van der Waals surface area contributed by atoms with Gasteiger partial charge in [0, 0.05) is 24.3 Å². The van der Waals surface area contributed by atoms with Crippen molar-refractivity contribution in [2.75, 3.05) is 26.2 Å². The van der Waals surface area contributed by atoms with Gasteiger partial charge in [-0.15, -0.1) is 0 Å². The molecule has 2 amide bonds. The number of carbonyl (C=O) groups is 2. The number of carboxylic acid groups (broad SMARTS) is 1. The highest BCUT2D eigenvalue weighted by Crippen LogP contribution is 2.30. The smallest absolute Gasteiger partial charge is 0.407 e. The lowest BCUT2D eigenvalue weighted by atomic mass is 9.91. The summed E-state index contributed by atoms with van der Waals surface area (Å²) in [4.78, 5) is 45.7. The Hall–Kier alpha value is -4.19. The van der Waals surface area contributed by atoms with Crippen LogP contribution in [0.4, 0.5) is 4.79 Å². The number of hydrogen-bond acceptors (Lipinski definition) is 6. The van der Waals surface area contributed by atoms with Crippen LogP contribution in [0.1, 0.15) is 41.7 Å². The van der Waals surface area contributed by atoms with Gasteiger partial charge in [-0.3, -0.25) is 23.6 Å². The Bertz CT molecular complexity index is 1710. The fourth-order valence-electron chi connectivity index (χ4n) is 5.94. The third kappa shape index (κ3) is 5.63. The molecule has 2 saturated heterocycles. The number of morpholine rings is 1. The van der Waals surface area contributed by atoms with Gasteiger partial charge in [0.05, 0.1) is 42.8 Å². The maximum atomic E-state index is 13.5. The summed E-state index contributed by atoms with van der Waals surface area (Å²) in [5, 5.41) is 21.6. The normalized spacial score (nSPS) is 20.3. The van der Waals surface area contributed by atoms with E-state index in [1.165, 1.54) is 15.8 Å². The second-order valence-corrected chi connectivity index (χ2v) is 11.7. The first-order valence-corrected chi connectivity index (χ1v) is 14.6. The zero-order chi connectivity index (χ0) is 30.3. The molecule has 6 rings (SSSR count). The molecular formula is C31H32ClN5O6. The predicted molar refractivity (Wildman–Crippen MR) is 160 cm³/mol. The molecule has 4 aromatic rings. The number of benzene rings is 2. The molecule has 2 aromatic carbocycles.